The molecule has 2 heterocycles. The van der Waals surface area contributed by atoms with E-state index in [2.05, 4.69) is 9.88 Å². The van der Waals surface area contributed by atoms with Crippen LogP contribution >= 0.6 is 0 Å². The minimum Gasteiger partial charge on any atom is -0.364 e. The SMILES string of the molecule is Cc1ccc(C(OC2CCN(C)CC2)c2cc(C(F)(F)F)ccn2)c(F)c1. The van der Waals surface area contributed by atoms with E-state index in [0.29, 0.717) is 0 Å². The molecule has 0 aliphatic carbocycles. The number of halogens is 4. The van der Waals surface area contributed by atoms with Crippen LogP contribution in [0.5, 0.6) is 0 Å². The molecule has 1 unspecified atom stereocenters. The van der Waals surface area contributed by atoms with Gasteiger partial charge in [0, 0.05) is 24.8 Å². The number of aryl methyl sites for hydroxylation is 1. The Hall–Kier alpha value is -1.99. The van der Waals surface area contributed by atoms with Crippen molar-refractivity contribution in [1.29, 1.82) is 0 Å². The predicted molar refractivity (Wildman–Crippen MR) is 93.8 cm³/mol. The molecule has 7 heteroatoms. The summed E-state index contributed by atoms with van der Waals surface area (Å²) in [5.74, 6) is -0.507. The normalized spacial score (nSPS) is 17.9. The third-order valence-corrected chi connectivity index (χ3v) is 4.81. The maximum Gasteiger partial charge on any atom is 0.416 e. The summed E-state index contributed by atoms with van der Waals surface area (Å²) in [4.78, 5) is 6.23. The molecule has 1 aliphatic heterocycles. The Morgan fingerprint density at radius 3 is 2.48 bits per heavy atom. The number of likely N-dealkylation sites (tertiary alicyclic amines) is 1. The number of alkyl halides is 3. The molecule has 1 aromatic carbocycles. The van der Waals surface area contributed by atoms with Gasteiger partial charge in [0.25, 0.3) is 0 Å². The lowest BCUT2D eigenvalue weighted by Crippen LogP contribution is -2.35. The monoisotopic (exact) mass is 382 g/mol. The Balaban J connectivity index is 1.97. The zero-order valence-corrected chi connectivity index (χ0v) is 15.3. The van der Waals surface area contributed by atoms with Gasteiger partial charge >= 0.3 is 6.18 Å². The number of nitrogens with zero attached hydrogens (tertiary/aromatic N) is 2. The van der Waals surface area contributed by atoms with Gasteiger partial charge in [-0.3, -0.25) is 4.98 Å². The zero-order chi connectivity index (χ0) is 19.6. The molecule has 2 aromatic rings. The first-order valence-electron chi connectivity index (χ1n) is 8.87. The Morgan fingerprint density at radius 2 is 1.85 bits per heavy atom. The highest BCUT2D eigenvalue weighted by Crippen LogP contribution is 2.34. The largest absolute Gasteiger partial charge is 0.416 e. The number of ether oxygens (including phenoxy) is 1. The maximum atomic E-state index is 14.6. The van der Waals surface area contributed by atoms with Crippen molar-refractivity contribution in [3.05, 3.63) is 64.7 Å². The zero-order valence-electron chi connectivity index (χ0n) is 15.3. The summed E-state index contributed by atoms with van der Waals surface area (Å²) in [7, 11) is 2.00. The number of rotatable bonds is 4. The Kier molecular flexibility index (Phi) is 5.81. The van der Waals surface area contributed by atoms with E-state index in [4.69, 9.17) is 4.74 Å². The first-order valence-corrected chi connectivity index (χ1v) is 8.87. The first-order chi connectivity index (χ1) is 12.7. The summed E-state index contributed by atoms with van der Waals surface area (Å²) < 4.78 is 60.1. The summed E-state index contributed by atoms with van der Waals surface area (Å²) in [5.41, 5.74) is 0.168. The quantitative estimate of drug-likeness (QED) is 0.714. The van der Waals surface area contributed by atoms with Gasteiger partial charge in [-0.25, -0.2) is 4.39 Å². The van der Waals surface area contributed by atoms with Gasteiger partial charge in [-0.1, -0.05) is 12.1 Å². The number of aromatic nitrogens is 1. The molecule has 0 amide bonds. The molecule has 1 atom stereocenters. The molecule has 1 saturated heterocycles. The van der Waals surface area contributed by atoms with Crippen LogP contribution in [0, 0.1) is 12.7 Å². The highest BCUT2D eigenvalue weighted by atomic mass is 19.4. The Morgan fingerprint density at radius 1 is 1.15 bits per heavy atom. The summed E-state index contributed by atoms with van der Waals surface area (Å²) in [6, 6.07) is 6.48. The second kappa shape index (κ2) is 7.94. The molecule has 3 rings (SSSR count). The van der Waals surface area contributed by atoms with E-state index in [-0.39, 0.29) is 17.4 Å². The second-order valence-electron chi connectivity index (χ2n) is 7.01. The fourth-order valence-electron chi connectivity index (χ4n) is 3.23. The number of benzene rings is 1. The molecule has 3 nitrogen and oxygen atoms in total. The van der Waals surface area contributed by atoms with E-state index in [0.717, 1.165) is 49.8 Å². The van der Waals surface area contributed by atoms with E-state index in [9.17, 15) is 17.6 Å². The number of pyridine rings is 1. The molecular weight excluding hydrogens is 360 g/mol. The minimum absolute atomic E-state index is 0.0616. The van der Waals surface area contributed by atoms with Gasteiger partial charge in [0.05, 0.1) is 17.4 Å². The van der Waals surface area contributed by atoms with E-state index < -0.39 is 23.7 Å². The van der Waals surface area contributed by atoms with Crippen LogP contribution in [0.15, 0.2) is 36.5 Å². The molecule has 1 fully saturated rings. The lowest BCUT2D eigenvalue weighted by atomic mass is 10.0. The molecule has 0 bridgehead atoms. The third kappa shape index (κ3) is 4.84. The minimum atomic E-state index is -4.50. The second-order valence-corrected chi connectivity index (χ2v) is 7.01. The van der Waals surface area contributed by atoms with Crippen molar-refractivity contribution in [3.8, 4) is 0 Å². The fourth-order valence-corrected chi connectivity index (χ4v) is 3.23. The van der Waals surface area contributed by atoms with Gasteiger partial charge < -0.3 is 9.64 Å². The lowest BCUT2D eigenvalue weighted by Gasteiger charge is -2.32. The van der Waals surface area contributed by atoms with E-state index in [1.165, 1.54) is 6.07 Å². The predicted octanol–water partition coefficient (Wildman–Crippen LogP) is 4.75. The van der Waals surface area contributed by atoms with Crippen LogP contribution in [0.25, 0.3) is 0 Å². The summed E-state index contributed by atoms with van der Waals surface area (Å²) in [6.07, 6.45) is -3.08. The van der Waals surface area contributed by atoms with Crippen molar-refractivity contribution in [3.63, 3.8) is 0 Å². The highest BCUT2D eigenvalue weighted by Gasteiger charge is 2.33. The molecular formula is C20H22F4N2O. The van der Waals surface area contributed by atoms with Gasteiger partial charge in [0.1, 0.15) is 11.9 Å². The fraction of sp³-hybridized carbons (Fsp3) is 0.450. The van der Waals surface area contributed by atoms with Crippen molar-refractivity contribution >= 4 is 0 Å². The van der Waals surface area contributed by atoms with Crippen molar-refractivity contribution in [2.24, 2.45) is 0 Å². The Bertz CT molecular complexity index is 786. The van der Waals surface area contributed by atoms with Crippen LogP contribution < -0.4 is 0 Å². The van der Waals surface area contributed by atoms with Crippen molar-refractivity contribution in [1.82, 2.24) is 9.88 Å². The summed E-state index contributed by atoms with van der Waals surface area (Å²) in [5, 5.41) is 0. The molecule has 27 heavy (non-hydrogen) atoms. The molecule has 146 valence electrons. The topological polar surface area (TPSA) is 25.4 Å². The van der Waals surface area contributed by atoms with Crippen molar-refractivity contribution < 1.29 is 22.3 Å². The van der Waals surface area contributed by atoms with Crippen LogP contribution in [0.4, 0.5) is 17.6 Å². The standard InChI is InChI=1S/C20H22F4N2O/c1-13-3-4-16(17(21)11-13)19(27-15-6-9-26(2)10-7-15)18-12-14(5-8-25-18)20(22,23)24/h3-5,8,11-12,15,19H,6-7,9-10H2,1-2H3. The van der Waals surface area contributed by atoms with Crippen LogP contribution in [-0.4, -0.2) is 36.1 Å². The van der Waals surface area contributed by atoms with E-state index in [1.807, 2.05) is 7.05 Å². The molecule has 0 spiro atoms. The number of hydrogen-bond acceptors (Lipinski definition) is 3. The average molecular weight is 382 g/mol. The lowest BCUT2D eigenvalue weighted by molar-refractivity contribution is -0.137. The average Bonchev–Trinajstić information content (AvgIpc) is 2.61. The Labute approximate surface area is 156 Å². The molecule has 1 aromatic heterocycles. The highest BCUT2D eigenvalue weighted by molar-refractivity contribution is 5.32. The van der Waals surface area contributed by atoms with Gasteiger partial charge in [0.2, 0.25) is 0 Å². The van der Waals surface area contributed by atoms with Gasteiger partial charge in [-0.15, -0.1) is 0 Å². The first kappa shape index (κ1) is 19.8. The number of piperidine rings is 1. The van der Waals surface area contributed by atoms with Crippen LogP contribution in [-0.2, 0) is 10.9 Å². The van der Waals surface area contributed by atoms with Crippen molar-refractivity contribution in [2.45, 2.75) is 38.1 Å². The van der Waals surface area contributed by atoms with Crippen LogP contribution in [0.2, 0.25) is 0 Å². The third-order valence-electron chi connectivity index (χ3n) is 4.81. The molecule has 1 aliphatic rings. The van der Waals surface area contributed by atoms with E-state index >= 15 is 0 Å². The smallest absolute Gasteiger partial charge is 0.364 e. The van der Waals surface area contributed by atoms with Gasteiger partial charge in [0.15, 0.2) is 0 Å². The van der Waals surface area contributed by atoms with Crippen LogP contribution in [0.3, 0.4) is 0 Å². The maximum absolute atomic E-state index is 14.6. The van der Waals surface area contributed by atoms with Crippen LogP contribution in [0.1, 0.15) is 41.3 Å². The van der Waals surface area contributed by atoms with E-state index in [1.54, 1.807) is 19.1 Å². The summed E-state index contributed by atoms with van der Waals surface area (Å²) >= 11 is 0. The molecule has 0 saturated carbocycles. The van der Waals surface area contributed by atoms with Gasteiger partial charge in [-0.05, 0) is 50.6 Å². The summed E-state index contributed by atoms with van der Waals surface area (Å²) in [6.45, 7) is 3.40. The van der Waals surface area contributed by atoms with Gasteiger partial charge in [-0.2, -0.15) is 13.2 Å². The number of hydrogen-bond donors (Lipinski definition) is 0. The molecule has 0 N–H and O–H groups in total. The van der Waals surface area contributed by atoms with Crippen molar-refractivity contribution in [2.75, 3.05) is 20.1 Å². The molecule has 0 radical (unpaired) electrons.